The zero-order valence-electron chi connectivity index (χ0n) is 18.1. The van der Waals surface area contributed by atoms with Gasteiger partial charge in [0.25, 0.3) is 5.19 Å². The van der Waals surface area contributed by atoms with Crippen LogP contribution in [0.15, 0.2) is 58.7 Å². The van der Waals surface area contributed by atoms with Crippen LogP contribution in [0.1, 0.15) is 24.8 Å². The van der Waals surface area contributed by atoms with Crippen LogP contribution in [-0.2, 0) is 18.4 Å². The van der Waals surface area contributed by atoms with E-state index in [0.717, 1.165) is 48.4 Å². The summed E-state index contributed by atoms with van der Waals surface area (Å²) in [6.07, 6.45) is 2.98. The molecule has 0 N–H and O–H groups in total. The average Bonchev–Trinajstić information content (AvgIpc) is 3.46. The third-order valence-corrected chi connectivity index (χ3v) is 6.08. The van der Waals surface area contributed by atoms with E-state index in [-0.39, 0.29) is 18.6 Å². The molecule has 0 radical (unpaired) electrons. The average molecular weight is 466 g/mol. The molecule has 2 aromatic carbocycles. The van der Waals surface area contributed by atoms with Crippen molar-refractivity contribution in [3.63, 3.8) is 0 Å². The van der Waals surface area contributed by atoms with Crippen molar-refractivity contribution in [2.24, 2.45) is 7.05 Å². The minimum absolute atomic E-state index is 0.163. The lowest BCUT2D eigenvalue weighted by Gasteiger charge is -2.23. The van der Waals surface area contributed by atoms with Crippen molar-refractivity contribution >= 4 is 11.3 Å². The predicted octanol–water partition coefficient (Wildman–Crippen LogP) is 3.57. The second-order valence-electron chi connectivity index (χ2n) is 7.65. The maximum absolute atomic E-state index is 12.2. The predicted molar refractivity (Wildman–Crippen MR) is 123 cm³/mol. The van der Waals surface area contributed by atoms with E-state index < -0.39 is 0 Å². The van der Waals surface area contributed by atoms with Gasteiger partial charge in [0.05, 0.1) is 18.0 Å². The number of para-hydroxylation sites is 1. The Hall–Kier alpha value is -3.50. The third-order valence-electron chi connectivity index (χ3n) is 5.33. The molecule has 9 nitrogen and oxygen atoms in total. The summed E-state index contributed by atoms with van der Waals surface area (Å²) in [6, 6.07) is 15.3. The van der Waals surface area contributed by atoms with Crippen molar-refractivity contribution in [1.29, 1.82) is 0 Å². The summed E-state index contributed by atoms with van der Waals surface area (Å²) in [6.45, 7) is 1.00. The number of nitrogens with zero attached hydrogens (tertiary/aromatic N) is 5. The number of aryl methyl sites for hydroxylation is 1. The van der Waals surface area contributed by atoms with Gasteiger partial charge in [0.1, 0.15) is 12.4 Å². The van der Waals surface area contributed by atoms with E-state index in [2.05, 4.69) is 15.4 Å². The third kappa shape index (κ3) is 4.81. The molecule has 2 aromatic heterocycles. The SMILES string of the molecule is Cn1nnn(-c2ccccc2COc2nc(-c3ccc(OC4CCCCO4)cc3)cs2)c1=O. The molecule has 0 aliphatic carbocycles. The van der Waals surface area contributed by atoms with Crippen LogP contribution in [0.25, 0.3) is 16.9 Å². The molecular formula is C23H23N5O4S. The molecule has 1 unspecified atom stereocenters. The van der Waals surface area contributed by atoms with Gasteiger partial charge in [-0.25, -0.2) is 9.78 Å². The molecule has 1 saturated heterocycles. The molecule has 1 aliphatic rings. The van der Waals surface area contributed by atoms with Gasteiger partial charge in [-0.1, -0.05) is 29.5 Å². The highest BCUT2D eigenvalue weighted by Gasteiger charge is 2.16. The Morgan fingerprint density at radius 1 is 1.12 bits per heavy atom. The number of rotatable bonds is 7. The maximum atomic E-state index is 12.2. The number of thiazole rings is 1. The van der Waals surface area contributed by atoms with Gasteiger partial charge in [0.2, 0.25) is 0 Å². The molecule has 10 heteroatoms. The highest BCUT2D eigenvalue weighted by Crippen LogP contribution is 2.29. The van der Waals surface area contributed by atoms with E-state index in [1.165, 1.54) is 20.7 Å². The molecule has 0 bridgehead atoms. The van der Waals surface area contributed by atoms with Crippen LogP contribution in [0.5, 0.6) is 10.9 Å². The topological polar surface area (TPSA) is 93.3 Å². The summed E-state index contributed by atoms with van der Waals surface area (Å²) in [5.74, 6) is 0.785. The normalized spacial score (nSPS) is 16.0. The van der Waals surface area contributed by atoms with Crippen molar-refractivity contribution in [1.82, 2.24) is 24.8 Å². The number of tetrazole rings is 1. The summed E-state index contributed by atoms with van der Waals surface area (Å²) in [5, 5.41) is 10.2. The minimum Gasteiger partial charge on any atom is -0.465 e. The Balaban J connectivity index is 1.25. The van der Waals surface area contributed by atoms with Crippen LogP contribution < -0.4 is 15.2 Å². The molecule has 1 atom stereocenters. The van der Waals surface area contributed by atoms with Crippen LogP contribution >= 0.6 is 11.3 Å². The van der Waals surface area contributed by atoms with Gasteiger partial charge in [-0.05, 0) is 53.6 Å². The quantitative estimate of drug-likeness (QED) is 0.412. The van der Waals surface area contributed by atoms with Gasteiger partial charge in [0.15, 0.2) is 6.29 Å². The van der Waals surface area contributed by atoms with E-state index in [9.17, 15) is 4.79 Å². The first-order valence-corrected chi connectivity index (χ1v) is 11.6. The van der Waals surface area contributed by atoms with E-state index in [4.69, 9.17) is 14.2 Å². The Morgan fingerprint density at radius 2 is 1.97 bits per heavy atom. The summed E-state index contributed by atoms with van der Waals surface area (Å²) in [4.78, 5) is 16.8. The lowest BCUT2D eigenvalue weighted by molar-refractivity contribution is -0.105. The molecule has 5 rings (SSSR count). The second-order valence-corrected chi connectivity index (χ2v) is 8.47. The zero-order chi connectivity index (χ0) is 22.6. The Bertz CT molecular complexity index is 1270. The number of ether oxygens (including phenoxy) is 3. The zero-order valence-corrected chi connectivity index (χ0v) is 18.9. The Labute approximate surface area is 194 Å². The highest BCUT2D eigenvalue weighted by atomic mass is 32.1. The lowest BCUT2D eigenvalue weighted by Crippen LogP contribution is -2.24. The fourth-order valence-electron chi connectivity index (χ4n) is 3.56. The molecule has 4 aromatic rings. The molecule has 0 saturated carbocycles. The van der Waals surface area contributed by atoms with E-state index in [1.807, 2.05) is 53.9 Å². The first-order chi connectivity index (χ1) is 16.2. The van der Waals surface area contributed by atoms with Crippen LogP contribution in [-0.4, -0.2) is 37.7 Å². The van der Waals surface area contributed by atoms with Crippen LogP contribution in [0.4, 0.5) is 0 Å². The van der Waals surface area contributed by atoms with Gasteiger partial charge in [-0.15, -0.1) is 0 Å². The molecule has 1 aliphatic heterocycles. The molecular weight excluding hydrogens is 442 g/mol. The van der Waals surface area contributed by atoms with Crippen molar-refractivity contribution in [2.45, 2.75) is 32.2 Å². The van der Waals surface area contributed by atoms with Gasteiger partial charge in [-0.3, -0.25) is 0 Å². The van der Waals surface area contributed by atoms with Gasteiger partial charge in [0, 0.05) is 30.0 Å². The first kappa shape index (κ1) is 21.4. The molecule has 0 spiro atoms. The molecule has 33 heavy (non-hydrogen) atoms. The fraction of sp³-hybridized carbons (Fsp3) is 0.304. The number of hydrogen-bond donors (Lipinski definition) is 0. The first-order valence-electron chi connectivity index (χ1n) is 10.7. The van der Waals surface area contributed by atoms with Gasteiger partial charge in [-0.2, -0.15) is 9.36 Å². The summed E-state index contributed by atoms with van der Waals surface area (Å²) >= 11 is 1.42. The van der Waals surface area contributed by atoms with Crippen LogP contribution in [0.3, 0.4) is 0 Å². The maximum Gasteiger partial charge on any atom is 0.368 e. The number of benzene rings is 2. The standard InChI is InChI=1S/C23H23N5O4S/c1-27-23(29)28(26-25-27)20-7-3-2-6-17(20)14-31-22-24-19(15-33-22)16-9-11-18(12-10-16)32-21-8-4-5-13-30-21/h2-3,6-7,9-12,15,21H,4-5,8,13-14H2,1H3. The van der Waals surface area contributed by atoms with Crippen molar-refractivity contribution in [3.8, 4) is 27.9 Å². The molecule has 170 valence electrons. The van der Waals surface area contributed by atoms with E-state index in [0.29, 0.717) is 10.9 Å². The van der Waals surface area contributed by atoms with Crippen LogP contribution in [0, 0.1) is 0 Å². The van der Waals surface area contributed by atoms with Crippen LogP contribution in [0.2, 0.25) is 0 Å². The largest absolute Gasteiger partial charge is 0.465 e. The highest BCUT2D eigenvalue weighted by molar-refractivity contribution is 7.11. The Kier molecular flexibility index (Phi) is 6.18. The van der Waals surface area contributed by atoms with Gasteiger partial charge < -0.3 is 14.2 Å². The summed E-state index contributed by atoms with van der Waals surface area (Å²) in [7, 11) is 1.56. The molecule has 1 fully saturated rings. The van der Waals surface area contributed by atoms with Gasteiger partial charge >= 0.3 is 5.69 Å². The smallest absolute Gasteiger partial charge is 0.368 e. The summed E-state index contributed by atoms with van der Waals surface area (Å²) < 4.78 is 19.9. The monoisotopic (exact) mass is 465 g/mol. The van der Waals surface area contributed by atoms with Crippen molar-refractivity contribution in [2.75, 3.05) is 6.61 Å². The fourth-order valence-corrected chi connectivity index (χ4v) is 4.24. The second kappa shape index (κ2) is 9.55. The number of hydrogen-bond acceptors (Lipinski definition) is 8. The van der Waals surface area contributed by atoms with E-state index in [1.54, 1.807) is 7.05 Å². The van der Waals surface area contributed by atoms with Crippen molar-refractivity contribution in [3.05, 3.63) is 70.0 Å². The number of aromatic nitrogens is 5. The lowest BCUT2D eigenvalue weighted by atomic mass is 10.1. The molecule has 0 amide bonds. The minimum atomic E-state index is -0.318. The summed E-state index contributed by atoms with van der Waals surface area (Å²) in [5.41, 5.74) is 2.92. The molecule has 3 heterocycles. The Morgan fingerprint density at radius 3 is 2.73 bits per heavy atom. The van der Waals surface area contributed by atoms with Crippen molar-refractivity contribution < 1.29 is 14.2 Å². The van der Waals surface area contributed by atoms with E-state index >= 15 is 0 Å².